The number of carboxylic acids is 1. The van der Waals surface area contributed by atoms with Crippen LogP contribution in [-0.2, 0) is 11.2 Å². The zero-order valence-corrected chi connectivity index (χ0v) is 9.29. The molecule has 0 amide bonds. The summed E-state index contributed by atoms with van der Waals surface area (Å²) in [5, 5.41) is 10.3. The molecule has 2 nitrogen and oxygen atoms in total. The number of rotatable bonds is 2. The number of hydrogen-bond donors (Lipinski definition) is 1. The van der Waals surface area contributed by atoms with Crippen molar-refractivity contribution in [3.8, 4) is 0 Å². The van der Waals surface area contributed by atoms with Crippen LogP contribution in [0.2, 0.25) is 0 Å². The molecular formula is C6H4Br2O2S. The van der Waals surface area contributed by atoms with Crippen LogP contribution in [0.4, 0.5) is 0 Å². The van der Waals surface area contributed by atoms with E-state index in [2.05, 4.69) is 31.9 Å². The fraction of sp³-hybridized carbons (Fsp3) is 0.167. The van der Waals surface area contributed by atoms with E-state index in [1.807, 2.05) is 5.38 Å². The Hall–Kier alpha value is 0.130. The summed E-state index contributed by atoms with van der Waals surface area (Å²) in [7, 11) is 0. The van der Waals surface area contributed by atoms with Gasteiger partial charge in [-0.2, -0.15) is 0 Å². The predicted molar refractivity (Wildman–Crippen MR) is 51.1 cm³/mol. The first-order valence-corrected chi connectivity index (χ1v) is 5.21. The van der Waals surface area contributed by atoms with Gasteiger partial charge in [0.1, 0.15) is 0 Å². The molecule has 1 heterocycles. The van der Waals surface area contributed by atoms with Crippen molar-refractivity contribution in [2.75, 3.05) is 0 Å². The summed E-state index contributed by atoms with van der Waals surface area (Å²) in [5.74, 6) is -0.806. The summed E-state index contributed by atoms with van der Waals surface area (Å²) in [6.45, 7) is 0. The topological polar surface area (TPSA) is 37.3 Å². The van der Waals surface area contributed by atoms with Gasteiger partial charge in [-0.05, 0) is 31.9 Å². The highest BCUT2D eigenvalue weighted by atomic mass is 79.9. The van der Waals surface area contributed by atoms with E-state index in [4.69, 9.17) is 5.11 Å². The lowest BCUT2D eigenvalue weighted by Crippen LogP contribution is -1.97. The highest BCUT2D eigenvalue weighted by molar-refractivity contribution is 9.13. The van der Waals surface area contributed by atoms with Crippen molar-refractivity contribution in [2.24, 2.45) is 0 Å². The molecule has 0 radical (unpaired) electrons. The molecule has 1 N–H and O–H groups in total. The summed E-state index contributed by atoms with van der Waals surface area (Å²) in [6, 6.07) is 0. The maximum absolute atomic E-state index is 10.3. The Morgan fingerprint density at radius 2 is 2.27 bits per heavy atom. The molecule has 1 aromatic rings. The quantitative estimate of drug-likeness (QED) is 0.912. The summed E-state index contributed by atoms with van der Waals surface area (Å²) >= 11 is 7.99. The lowest BCUT2D eigenvalue weighted by Gasteiger charge is -1.91. The highest BCUT2D eigenvalue weighted by Gasteiger charge is 2.09. The van der Waals surface area contributed by atoms with Crippen molar-refractivity contribution in [3.63, 3.8) is 0 Å². The summed E-state index contributed by atoms with van der Waals surface area (Å²) in [6.07, 6.45) is 0.0802. The molecule has 1 aromatic heterocycles. The van der Waals surface area contributed by atoms with Gasteiger partial charge in [-0.3, -0.25) is 4.79 Å². The number of carbonyl (C=O) groups is 1. The van der Waals surface area contributed by atoms with E-state index in [1.54, 1.807) is 0 Å². The summed E-state index contributed by atoms with van der Waals surface area (Å²) in [5.41, 5.74) is 0. The molecule has 1 rings (SSSR count). The minimum absolute atomic E-state index is 0.0802. The van der Waals surface area contributed by atoms with Crippen LogP contribution in [0.1, 0.15) is 4.88 Å². The molecule has 0 spiro atoms. The van der Waals surface area contributed by atoms with Crippen molar-refractivity contribution in [1.82, 2.24) is 0 Å². The van der Waals surface area contributed by atoms with E-state index >= 15 is 0 Å². The van der Waals surface area contributed by atoms with Gasteiger partial charge in [0, 0.05) is 19.2 Å². The maximum atomic E-state index is 10.3. The molecule has 11 heavy (non-hydrogen) atoms. The molecule has 0 bridgehead atoms. The molecule has 0 aromatic carbocycles. The van der Waals surface area contributed by atoms with E-state index in [0.717, 1.165) is 13.8 Å². The smallest absolute Gasteiger partial charge is 0.308 e. The van der Waals surface area contributed by atoms with Crippen LogP contribution in [0.15, 0.2) is 14.3 Å². The van der Waals surface area contributed by atoms with E-state index in [9.17, 15) is 4.79 Å². The van der Waals surface area contributed by atoms with Crippen LogP contribution in [-0.4, -0.2) is 11.1 Å². The van der Waals surface area contributed by atoms with Crippen LogP contribution < -0.4 is 0 Å². The predicted octanol–water partition coefficient (Wildman–Crippen LogP) is 2.90. The first kappa shape index (κ1) is 9.22. The normalized spacial score (nSPS) is 10.0. The Morgan fingerprint density at radius 1 is 1.64 bits per heavy atom. The van der Waals surface area contributed by atoms with Gasteiger partial charge in [0.15, 0.2) is 0 Å². The van der Waals surface area contributed by atoms with Crippen LogP contribution in [0, 0.1) is 0 Å². The van der Waals surface area contributed by atoms with Gasteiger partial charge in [-0.1, -0.05) is 0 Å². The van der Waals surface area contributed by atoms with E-state index in [1.165, 1.54) is 11.3 Å². The zero-order chi connectivity index (χ0) is 8.43. The standard InChI is InChI=1S/C6H4Br2O2S/c7-3-2-11-4(6(3)8)1-5(9)10/h2H,1H2,(H,9,10). The first-order chi connectivity index (χ1) is 5.11. The molecule has 0 saturated carbocycles. The monoisotopic (exact) mass is 298 g/mol. The molecular weight excluding hydrogens is 296 g/mol. The summed E-state index contributed by atoms with van der Waals surface area (Å²) < 4.78 is 1.77. The average molecular weight is 300 g/mol. The third kappa shape index (κ3) is 2.28. The molecule has 0 aliphatic heterocycles. The Balaban J connectivity index is 2.87. The molecule has 0 unspecified atom stereocenters. The summed E-state index contributed by atoms with van der Waals surface area (Å²) in [4.78, 5) is 11.1. The van der Waals surface area contributed by atoms with Gasteiger partial charge in [0.25, 0.3) is 0 Å². The van der Waals surface area contributed by atoms with Gasteiger partial charge in [0.2, 0.25) is 0 Å². The molecule has 0 aliphatic carbocycles. The van der Waals surface area contributed by atoms with Crippen molar-refractivity contribution in [1.29, 1.82) is 0 Å². The van der Waals surface area contributed by atoms with Gasteiger partial charge in [0.05, 0.1) is 6.42 Å². The third-order valence-corrected chi connectivity index (χ3v) is 4.69. The number of halogens is 2. The molecule has 5 heteroatoms. The molecule has 0 saturated heterocycles. The van der Waals surface area contributed by atoms with E-state index in [-0.39, 0.29) is 6.42 Å². The number of thiophene rings is 1. The highest BCUT2D eigenvalue weighted by Crippen LogP contribution is 2.32. The Bertz CT molecular complexity index is 282. The van der Waals surface area contributed by atoms with Gasteiger partial charge < -0.3 is 5.11 Å². The fourth-order valence-electron chi connectivity index (χ4n) is 0.616. The van der Waals surface area contributed by atoms with E-state index < -0.39 is 5.97 Å². The lowest BCUT2D eigenvalue weighted by molar-refractivity contribution is -0.136. The SMILES string of the molecule is O=C(O)Cc1scc(Br)c1Br. The van der Waals surface area contributed by atoms with Gasteiger partial charge in [-0.15, -0.1) is 11.3 Å². The second-order valence-corrected chi connectivity index (χ2v) is 4.50. The van der Waals surface area contributed by atoms with Crippen LogP contribution in [0.5, 0.6) is 0 Å². The Labute approximate surface area is 84.5 Å². The van der Waals surface area contributed by atoms with Crippen molar-refractivity contribution >= 4 is 49.2 Å². The Morgan fingerprint density at radius 3 is 2.64 bits per heavy atom. The molecule has 0 atom stereocenters. The van der Waals surface area contributed by atoms with Gasteiger partial charge in [-0.25, -0.2) is 0 Å². The minimum Gasteiger partial charge on any atom is -0.481 e. The largest absolute Gasteiger partial charge is 0.481 e. The van der Waals surface area contributed by atoms with Crippen molar-refractivity contribution in [3.05, 3.63) is 19.2 Å². The van der Waals surface area contributed by atoms with Crippen LogP contribution in [0.3, 0.4) is 0 Å². The number of carboxylic acid groups (broad SMARTS) is 1. The fourth-order valence-corrected chi connectivity index (χ4v) is 2.74. The zero-order valence-electron chi connectivity index (χ0n) is 5.30. The number of hydrogen-bond acceptors (Lipinski definition) is 2. The van der Waals surface area contributed by atoms with Crippen molar-refractivity contribution < 1.29 is 9.90 Å². The van der Waals surface area contributed by atoms with Crippen LogP contribution in [0.25, 0.3) is 0 Å². The van der Waals surface area contributed by atoms with Crippen LogP contribution >= 0.6 is 43.2 Å². The second-order valence-electron chi connectivity index (χ2n) is 1.89. The second kappa shape index (κ2) is 3.69. The number of aliphatic carboxylic acids is 1. The molecule has 0 fully saturated rings. The van der Waals surface area contributed by atoms with Gasteiger partial charge >= 0.3 is 5.97 Å². The molecule has 0 aliphatic rings. The first-order valence-electron chi connectivity index (χ1n) is 2.74. The van der Waals surface area contributed by atoms with Crippen molar-refractivity contribution in [2.45, 2.75) is 6.42 Å². The minimum atomic E-state index is -0.806. The lowest BCUT2D eigenvalue weighted by atomic mass is 10.3. The average Bonchev–Trinajstić information content (AvgIpc) is 2.18. The Kier molecular flexibility index (Phi) is 3.09. The molecule has 60 valence electrons. The maximum Gasteiger partial charge on any atom is 0.308 e. The van der Waals surface area contributed by atoms with E-state index in [0.29, 0.717) is 0 Å². The third-order valence-electron chi connectivity index (χ3n) is 1.07.